The molecule has 0 amide bonds. The molecule has 124 valence electrons. The van der Waals surface area contributed by atoms with Gasteiger partial charge in [-0.05, 0) is 55.1 Å². The molecule has 1 N–H and O–H groups in total. The number of hydrogen-bond acceptors (Lipinski definition) is 1. The Kier molecular flexibility index (Phi) is 6.02. The normalized spacial score (nSPS) is 16.6. The SMILES string of the molecule is S=C(Nc1ccccc1)N(Cc1ccccc1)C[C@H]1CC=CCC1. The van der Waals surface area contributed by atoms with Gasteiger partial charge in [-0.1, -0.05) is 60.7 Å². The molecule has 3 rings (SSSR count). The zero-order valence-electron chi connectivity index (χ0n) is 13.9. The molecule has 2 aromatic rings. The zero-order valence-corrected chi connectivity index (χ0v) is 14.7. The van der Waals surface area contributed by atoms with Crippen molar-refractivity contribution >= 4 is 23.0 Å². The van der Waals surface area contributed by atoms with Crippen LogP contribution in [0.4, 0.5) is 5.69 Å². The number of anilines is 1. The first kappa shape index (κ1) is 16.7. The lowest BCUT2D eigenvalue weighted by Gasteiger charge is -2.30. The number of nitrogens with zero attached hydrogens (tertiary/aromatic N) is 1. The van der Waals surface area contributed by atoms with E-state index >= 15 is 0 Å². The van der Waals surface area contributed by atoms with E-state index in [0.29, 0.717) is 5.92 Å². The fourth-order valence-electron chi connectivity index (χ4n) is 3.08. The Morgan fingerprint density at radius 1 is 1.00 bits per heavy atom. The highest BCUT2D eigenvalue weighted by Crippen LogP contribution is 2.21. The first-order valence-corrected chi connectivity index (χ1v) is 9.02. The largest absolute Gasteiger partial charge is 0.344 e. The van der Waals surface area contributed by atoms with E-state index in [-0.39, 0.29) is 0 Å². The molecular weight excluding hydrogens is 312 g/mol. The monoisotopic (exact) mass is 336 g/mol. The van der Waals surface area contributed by atoms with Crippen molar-refractivity contribution in [3.05, 3.63) is 78.4 Å². The van der Waals surface area contributed by atoms with Crippen LogP contribution in [0.3, 0.4) is 0 Å². The number of para-hydroxylation sites is 1. The lowest BCUT2D eigenvalue weighted by molar-refractivity contribution is 0.319. The summed E-state index contributed by atoms with van der Waals surface area (Å²) in [5.74, 6) is 0.675. The smallest absolute Gasteiger partial charge is 0.173 e. The van der Waals surface area contributed by atoms with Crippen LogP contribution in [0.1, 0.15) is 24.8 Å². The van der Waals surface area contributed by atoms with Crippen LogP contribution in [-0.2, 0) is 6.54 Å². The molecule has 2 aromatic carbocycles. The highest BCUT2D eigenvalue weighted by molar-refractivity contribution is 7.80. The number of hydrogen-bond donors (Lipinski definition) is 1. The lowest BCUT2D eigenvalue weighted by Crippen LogP contribution is -2.38. The van der Waals surface area contributed by atoms with Crippen molar-refractivity contribution in [3.8, 4) is 0 Å². The van der Waals surface area contributed by atoms with E-state index in [1.54, 1.807) is 0 Å². The maximum absolute atomic E-state index is 5.72. The van der Waals surface area contributed by atoms with Crippen LogP contribution >= 0.6 is 12.2 Å². The van der Waals surface area contributed by atoms with Gasteiger partial charge >= 0.3 is 0 Å². The summed E-state index contributed by atoms with van der Waals surface area (Å²) in [6, 6.07) is 20.7. The molecule has 0 heterocycles. The summed E-state index contributed by atoms with van der Waals surface area (Å²) < 4.78 is 0. The quantitative estimate of drug-likeness (QED) is 0.593. The van der Waals surface area contributed by atoms with Crippen LogP contribution < -0.4 is 5.32 Å². The van der Waals surface area contributed by atoms with Crippen molar-refractivity contribution < 1.29 is 0 Å². The highest BCUT2D eigenvalue weighted by atomic mass is 32.1. The van der Waals surface area contributed by atoms with Crippen LogP contribution in [0.2, 0.25) is 0 Å². The zero-order chi connectivity index (χ0) is 16.6. The van der Waals surface area contributed by atoms with Crippen molar-refractivity contribution in [1.29, 1.82) is 0 Å². The number of allylic oxidation sites excluding steroid dienone is 2. The Morgan fingerprint density at radius 2 is 1.71 bits per heavy atom. The summed E-state index contributed by atoms with van der Waals surface area (Å²) in [5, 5.41) is 4.20. The maximum Gasteiger partial charge on any atom is 0.173 e. The number of rotatable bonds is 5. The summed E-state index contributed by atoms with van der Waals surface area (Å²) in [5.41, 5.74) is 2.34. The third kappa shape index (κ3) is 4.93. The van der Waals surface area contributed by atoms with Gasteiger partial charge in [0.05, 0.1) is 0 Å². The van der Waals surface area contributed by atoms with Crippen LogP contribution in [0.15, 0.2) is 72.8 Å². The minimum atomic E-state index is 0.675. The van der Waals surface area contributed by atoms with Crippen molar-refractivity contribution in [2.24, 2.45) is 5.92 Å². The van der Waals surface area contributed by atoms with Crippen molar-refractivity contribution in [1.82, 2.24) is 4.90 Å². The molecular formula is C21H24N2S. The molecule has 0 saturated carbocycles. The van der Waals surface area contributed by atoms with Crippen LogP contribution in [0.25, 0.3) is 0 Å². The fourth-order valence-corrected chi connectivity index (χ4v) is 3.34. The van der Waals surface area contributed by atoms with Crippen LogP contribution in [-0.4, -0.2) is 16.6 Å². The molecule has 0 spiro atoms. The average molecular weight is 337 g/mol. The Hall–Kier alpha value is -2.13. The van der Waals surface area contributed by atoms with E-state index in [0.717, 1.165) is 30.3 Å². The Balaban J connectivity index is 1.70. The van der Waals surface area contributed by atoms with Gasteiger partial charge in [0.15, 0.2) is 5.11 Å². The standard InChI is InChI=1S/C21H24N2S/c24-21(22-20-14-8-3-9-15-20)23(16-18-10-4-1-5-11-18)17-19-12-6-2-7-13-19/h1-6,8-11,14-15,19H,7,12-13,16-17H2,(H,22,24)/t19-/m0/s1. The van der Waals surface area contributed by atoms with Gasteiger partial charge in [-0.15, -0.1) is 0 Å². The molecule has 0 bridgehead atoms. The lowest BCUT2D eigenvalue weighted by atomic mass is 9.94. The Labute approximate surface area is 150 Å². The van der Waals surface area contributed by atoms with E-state index in [1.807, 2.05) is 18.2 Å². The molecule has 3 heteroatoms. The minimum absolute atomic E-state index is 0.675. The predicted molar refractivity (Wildman–Crippen MR) is 106 cm³/mol. The predicted octanol–water partition coefficient (Wildman–Crippen LogP) is 5.24. The van der Waals surface area contributed by atoms with Gasteiger partial charge in [-0.2, -0.15) is 0 Å². The number of benzene rings is 2. The van der Waals surface area contributed by atoms with E-state index < -0.39 is 0 Å². The van der Waals surface area contributed by atoms with Gasteiger partial charge in [-0.25, -0.2) is 0 Å². The molecule has 0 fully saturated rings. The van der Waals surface area contributed by atoms with Crippen LogP contribution in [0.5, 0.6) is 0 Å². The van der Waals surface area contributed by atoms with E-state index in [2.05, 4.69) is 64.8 Å². The van der Waals surface area contributed by atoms with Crippen molar-refractivity contribution in [2.75, 3.05) is 11.9 Å². The summed E-state index contributed by atoms with van der Waals surface area (Å²) in [6.07, 6.45) is 8.18. The molecule has 24 heavy (non-hydrogen) atoms. The Bertz CT molecular complexity index is 667. The van der Waals surface area contributed by atoms with Crippen molar-refractivity contribution in [3.63, 3.8) is 0 Å². The average Bonchev–Trinajstić information content (AvgIpc) is 2.64. The van der Waals surface area contributed by atoms with E-state index in [1.165, 1.54) is 18.4 Å². The van der Waals surface area contributed by atoms with Gasteiger partial charge in [-0.3, -0.25) is 0 Å². The Morgan fingerprint density at radius 3 is 2.38 bits per heavy atom. The second kappa shape index (κ2) is 8.65. The van der Waals surface area contributed by atoms with Gasteiger partial charge in [0, 0.05) is 18.8 Å². The maximum atomic E-state index is 5.72. The third-order valence-corrected chi connectivity index (χ3v) is 4.75. The molecule has 0 radical (unpaired) electrons. The van der Waals surface area contributed by atoms with Crippen LogP contribution in [0, 0.1) is 5.92 Å². The van der Waals surface area contributed by atoms with Crippen molar-refractivity contribution in [2.45, 2.75) is 25.8 Å². The van der Waals surface area contributed by atoms with E-state index in [4.69, 9.17) is 12.2 Å². The fraction of sp³-hybridized carbons (Fsp3) is 0.286. The summed E-state index contributed by atoms with van der Waals surface area (Å²) in [4.78, 5) is 2.31. The molecule has 1 aliphatic carbocycles. The van der Waals surface area contributed by atoms with Gasteiger partial charge in [0.1, 0.15) is 0 Å². The molecule has 0 saturated heterocycles. The summed E-state index contributed by atoms with van der Waals surface area (Å²) >= 11 is 5.72. The molecule has 2 nitrogen and oxygen atoms in total. The number of thiocarbonyl (C=S) groups is 1. The minimum Gasteiger partial charge on any atom is -0.344 e. The van der Waals surface area contributed by atoms with Gasteiger partial charge in [0.25, 0.3) is 0 Å². The first-order valence-electron chi connectivity index (χ1n) is 8.61. The molecule has 0 unspecified atom stereocenters. The molecule has 1 atom stereocenters. The summed E-state index contributed by atoms with van der Waals surface area (Å²) in [6.45, 7) is 1.84. The van der Waals surface area contributed by atoms with Gasteiger partial charge in [0.2, 0.25) is 0 Å². The van der Waals surface area contributed by atoms with E-state index in [9.17, 15) is 0 Å². The topological polar surface area (TPSA) is 15.3 Å². The number of nitrogens with one attached hydrogen (secondary N) is 1. The molecule has 1 aliphatic rings. The second-order valence-electron chi connectivity index (χ2n) is 6.31. The highest BCUT2D eigenvalue weighted by Gasteiger charge is 2.17. The first-order chi connectivity index (χ1) is 11.8. The molecule has 0 aromatic heterocycles. The van der Waals surface area contributed by atoms with Gasteiger partial charge < -0.3 is 10.2 Å². The molecule has 0 aliphatic heterocycles. The second-order valence-corrected chi connectivity index (χ2v) is 6.70. The third-order valence-electron chi connectivity index (χ3n) is 4.38. The summed E-state index contributed by atoms with van der Waals surface area (Å²) in [7, 11) is 0.